The largest absolute Gasteiger partial charge is 0.341 e. The van der Waals surface area contributed by atoms with E-state index in [1.54, 1.807) is 0 Å². The molecule has 0 unspecified atom stereocenters. The van der Waals surface area contributed by atoms with Crippen molar-refractivity contribution < 1.29 is 22.9 Å². The topological polar surface area (TPSA) is 60.2 Å². The van der Waals surface area contributed by atoms with Crippen molar-refractivity contribution in [3.05, 3.63) is 75.6 Å². The van der Waals surface area contributed by atoms with E-state index < -0.39 is 33.7 Å². The fraction of sp³-hybridized carbons (Fsp3) is 0.0714. The van der Waals surface area contributed by atoms with Crippen molar-refractivity contribution in [2.75, 3.05) is 0 Å². The van der Waals surface area contributed by atoms with Gasteiger partial charge in [-0.15, -0.1) is 0 Å². The van der Waals surface area contributed by atoms with Crippen molar-refractivity contribution in [3.63, 3.8) is 0 Å². The molecule has 0 aliphatic rings. The number of ketones is 1. The van der Waals surface area contributed by atoms with Crippen LogP contribution in [-0.2, 0) is 5.92 Å². The number of nitro benzene ring substituents is 1. The van der Waals surface area contributed by atoms with E-state index in [1.165, 1.54) is 30.3 Å². The van der Waals surface area contributed by atoms with Crippen LogP contribution in [-0.4, -0.2) is 10.7 Å². The molecule has 0 bridgehead atoms. The first-order valence-corrected chi connectivity index (χ1v) is 5.76. The molecule has 108 valence electrons. The standard InChI is InChI=1S/C14H8F3NO3/c15-10-6-7-11(12(8-10)18(20)21)14(16,17)13(19)9-4-2-1-3-5-9/h1-8H. The number of carbonyl (C=O) groups excluding carboxylic acids is 1. The molecule has 0 amide bonds. The normalized spacial score (nSPS) is 11.2. The monoisotopic (exact) mass is 295 g/mol. The highest BCUT2D eigenvalue weighted by Gasteiger charge is 2.46. The predicted molar refractivity (Wildman–Crippen MR) is 67.7 cm³/mol. The molecule has 0 saturated heterocycles. The molecule has 0 N–H and O–H groups in total. The number of alkyl halides is 2. The second-order valence-electron chi connectivity index (χ2n) is 4.19. The van der Waals surface area contributed by atoms with Crippen LogP contribution < -0.4 is 0 Å². The van der Waals surface area contributed by atoms with Crippen molar-refractivity contribution in [1.82, 2.24) is 0 Å². The van der Waals surface area contributed by atoms with E-state index in [0.29, 0.717) is 18.2 Å². The highest BCUT2D eigenvalue weighted by molar-refractivity contribution is 6.02. The molecule has 0 fully saturated rings. The molecule has 2 aromatic rings. The van der Waals surface area contributed by atoms with Crippen LogP contribution in [0.1, 0.15) is 15.9 Å². The summed E-state index contributed by atoms with van der Waals surface area (Å²) < 4.78 is 41.4. The maximum absolute atomic E-state index is 14.2. The van der Waals surface area contributed by atoms with Crippen LogP contribution in [0.3, 0.4) is 0 Å². The lowest BCUT2D eigenvalue weighted by molar-refractivity contribution is -0.386. The van der Waals surface area contributed by atoms with E-state index in [-0.39, 0.29) is 5.56 Å². The number of benzene rings is 2. The van der Waals surface area contributed by atoms with Crippen LogP contribution in [0.15, 0.2) is 48.5 Å². The molecule has 21 heavy (non-hydrogen) atoms. The van der Waals surface area contributed by atoms with Crippen molar-refractivity contribution in [2.45, 2.75) is 5.92 Å². The average Bonchev–Trinajstić information content (AvgIpc) is 2.47. The van der Waals surface area contributed by atoms with Crippen LogP contribution in [0.5, 0.6) is 0 Å². The lowest BCUT2D eigenvalue weighted by Crippen LogP contribution is -2.27. The minimum absolute atomic E-state index is 0.291. The van der Waals surface area contributed by atoms with Gasteiger partial charge in [0.2, 0.25) is 5.78 Å². The first-order valence-electron chi connectivity index (χ1n) is 5.76. The Morgan fingerprint density at radius 1 is 1.10 bits per heavy atom. The van der Waals surface area contributed by atoms with Crippen LogP contribution in [0, 0.1) is 15.9 Å². The molecule has 4 nitrogen and oxygen atoms in total. The van der Waals surface area contributed by atoms with E-state index in [0.717, 1.165) is 0 Å². The summed E-state index contributed by atoms with van der Waals surface area (Å²) in [5.74, 6) is -6.75. The summed E-state index contributed by atoms with van der Waals surface area (Å²) in [4.78, 5) is 21.5. The minimum Gasteiger partial charge on any atom is -0.287 e. The van der Waals surface area contributed by atoms with Crippen molar-refractivity contribution >= 4 is 11.5 Å². The fourth-order valence-electron chi connectivity index (χ4n) is 1.81. The van der Waals surface area contributed by atoms with Gasteiger partial charge in [-0.25, -0.2) is 4.39 Å². The van der Waals surface area contributed by atoms with Gasteiger partial charge in [0.05, 0.1) is 11.0 Å². The number of hydrogen-bond acceptors (Lipinski definition) is 3. The summed E-state index contributed by atoms with van der Waals surface area (Å²) in [5, 5.41) is 10.8. The Hall–Kier alpha value is -2.70. The summed E-state index contributed by atoms with van der Waals surface area (Å²) in [7, 11) is 0. The van der Waals surface area contributed by atoms with Gasteiger partial charge in [-0.2, -0.15) is 8.78 Å². The zero-order valence-electron chi connectivity index (χ0n) is 10.4. The highest BCUT2D eigenvalue weighted by Crippen LogP contribution is 2.37. The van der Waals surface area contributed by atoms with Gasteiger partial charge in [-0.1, -0.05) is 30.3 Å². The Kier molecular flexibility index (Phi) is 3.75. The van der Waals surface area contributed by atoms with Gasteiger partial charge in [0.1, 0.15) is 11.4 Å². The van der Waals surface area contributed by atoms with Gasteiger partial charge in [0.25, 0.3) is 5.69 Å². The SMILES string of the molecule is O=C(c1ccccc1)C(F)(F)c1ccc(F)cc1[N+](=O)[O-]. The Morgan fingerprint density at radius 2 is 1.71 bits per heavy atom. The number of Topliss-reactive ketones (excluding diaryl/α,β-unsaturated/α-hetero) is 1. The Balaban J connectivity index is 2.54. The molecule has 0 heterocycles. The van der Waals surface area contributed by atoms with Crippen LogP contribution in [0.25, 0.3) is 0 Å². The molecular weight excluding hydrogens is 287 g/mol. The van der Waals surface area contributed by atoms with Crippen molar-refractivity contribution in [2.24, 2.45) is 0 Å². The Morgan fingerprint density at radius 3 is 2.29 bits per heavy atom. The number of hydrogen-bond donors (Lipinski definition) is 0. The second-order valence-corrected chi connectivity index (χ2v) is 4.19. The zero-order valence-corrected chi connectivity index (χ0v) is 10.4. The van der Waals surface area contributed by atoms with Crippen LogP contribution in [0.2, 0.25) is 0 Å². The van der Waals surface area contributed by atoms with Gasteiger partial charge >= 0.3 is 5.92 Å². The second kappa shape index (κ2) is 5.35. The third-order valence-corrected chi connectivity index (χ3v) is 2.82. The third-order valence-electron chi connectivity index (χ3n) is 2.82. The average molecular weight is 295 g/mol. The van der Waals surface area contributed by atoms with Gasteiger partial charge < -0.3 is 0 Å². The van der Waals surface area contributed by atoms with E-state index in [9.17, 15) is 28.1 Å². The quantitative estimate of drug-likeness (QED) is 0.491. The van der Waals surface area contributed by atoms with Gasteiger partial charge in [0, 0.05) is 5.56 Å². The van der Waals surface area contributed by atoms with E-state index in [1.807, 2.05) is 0 Å². The minimum atomic E-state index is -4.13. The number of rotatable bonds is 4. The number of nitrogens with zero attached hydrogens (tertiary/aromatic N) is 1. The van der Waals surface area contributed by atoms with Crippen LogP contribution >= 0.6 is 0 Å². The van der Waals surface area contributed by atoms with E-state index >= 15 is 0 Å². The molecule has 0 atom stereocenters. The maximum Gasteiger partial charge on any atom is 0.341 e. The van der Waals surface area contributed by atoms with Crippen LogP contribution in [0.4, 0.5) is 18.9 Å². The molecule has 0 aliphatic heterocycles. The molecule has 7 heteroatoms. The summed E-state index contributed by atoms with van der Waals surface area (Å²) in [6.45, 7) is 0. The lowest BCUT2D eigenvalue weighted by Gasteiger charge is -2.15. The summed E-state index contributed by atoms with van der Waals surface area (Å²) in [6.07, 6.45) is 0. The smallest absolute Gasteiger partial charge is 0.287 e. The fourth-order valence-corrected chi connectivity index (χ4v) is 1.81. The zero-order chi connectivity index (χ0) is 15.6. The van der Waals surface area contributed by atoms with Gasteiger partial charge in [-0.05, 0) is 12.1 Å². The summed E-state index contributed by atoms with van der Waals surface area (Å²) >= 11 is 0. The maximum atomic E-state index is 14.2. The lowest BCUT2D eigenvalue weighted by atomic mass is 9.97. The Labute approximate surface area is 117 Å². The van der Waals surface area contributed by atoms with Gasteiger partial charge in [-0.3, -0.25) is 14.9 Å². The predicted octanol–water partition coefficient (Wildman–Crippen LogP) is 3.71. The molecule has 2 rings (SSSR count). The summed E-state index contributed by atoms with van der Waals surface area (Å²) in [5.41, 5.74) is -2.56. The summed E-state index contributed by atoms with van der Waals surface area (Å²) in [6, 6.07) is 8.22. The molecule has 0 aliphatic carbocycles. The molecule has 0 saturated carbocycles. The number of halogens is 3. The molecule has 0 aromatic heterocycles. The Bertz CT molecular complexity index is 702. The van der Waals surface area contributed by atoms with E-state index in [4.69, 9.17) is 0 Å². The van der Waals surface area contributed by atoms with Crippen molar-refractivity contribution in [3.8, 4) is 0 Å². The molecule has 2 aromatic carbocycles. The number of nitro groups is 1. The third kappa shape index (κ3) is 2.76. The molecule has 0 spiro atoms. The molecule has 0 radical (unpaired) electrons. The van der Waals surface area contributed by atoms with E-state index in [2.05, 4.69) is 0 Å². The first kappa shape index (κ1) is 14.7. The molecular formula is C14H8F3NO3. The first-order chi connectivity index (χ1) is 9.84. The number of carbonyl (C=O) groups is 1. The highest BCUT2D eigenvalue weighted by atomic mass is 19.3. The van der Waals surface area contributed by atoms with Crippen molar-refractivity contribution in [1.29, 1.82) is 0 Å². The van der Waals surface area contributed by atoms with Gasteiger partial charge in [0.15, 0.2) is 0 Å².